The molecule has 2 N–H and O–H groups in total. The van der Waals surface area contributed by atoms with Gasteiger partial charge in [0.25, 0.3) is 0 Å². The molecule has 0 radical (unpaired) electrons. The summed E-state index contributed by atoms with van der Waals surface area (Å²) in [5, 5.41) is 10.6. The summed E-state index contributed by atoms with van der Waals surface area (Å²) in [6.45, 7) is 6.43. The van der Waals surface area contributed by atoms with E-state index in [1.165, 1.54) is 38.5 Å². The Morgan fingerprint density at radius 2 is 1.89 bits per heavy atom. The topological polar surface area (TPSA) is 84.6 Å². The maximum absolute atomic E-state index is 5.99. The van der Waals surface area contributed by atoms with Crippen molar-refractivity contribution in [3.05, 3.63) is 11.7 Å². The molecule has 0 unspecified atom stereocenters. The molecule has 7 nitrogen and oxygen atoms in total. The van der Waals surface area contributed by atoms with Crippen LogP contribution in [0, 0.1) is 0 Å². The molecule has 1 heterocycles. The van der Waals surface area contributed by atoms with Crippen molar-refractivity contribution in [1.82, 2.24) is 20.8 Å². The van der Waals surface area contributed by atoms with Gasteiger partial charge in [-0.1, -0.05) is 44.7 Å². The number of rotatable bonds is 9. The van der Waals surface area contributed by atoms with Crippen LogP contribution in [-0.2, 0) is 11.2 Å². The summed E-state index contributed by atoms with van der Waals surface area (Å²) in [6.07, 6.45) is 9.88. The lowest BCUT2D eigenvalue weighted by atomic mass is 10.1. The zero-order valence-corrected chi connectivity index (χ0v) is 19.3. The van der Waals surface area contributed by atoms with Gasteiger partial charge in [-0.2, -0.15) is 4.98 Å². The largest absolute Gasteiger partial charge is 0.376 e. The first-order valence-electron chi connectivity index (χ1n) is 10.1. The zero-order valence-electron chi connectivity index (χ0n) is 17.0. The van der Waals surface area contributed by atoms with Gasteiger partial charge in [0.2, 0.25) is 5.89 Å². The third-order valence-electron chi connectivity index (χ3n) is 4.63. The summed E-state index contributed by atoms with van der Waals surface area (Å²) in [6, 6.07) is 0. The number of nitrogens with one attached hydrogen (secondary N) is 2. The molecule has 156 valence electrons. The lowest BCUT2D eigenvalue weighted by Gasteiger charge is -2.16. The lowest BCUT2D eigenvalue weighted by molar-refractivity contribution is 0.0468. The minimum Gasteiger partial charge on any atom is -0.376 e. The Morgan fingerprint density at radius 3 is 2.52 bits per heavy atom. The van der Waals surface area contributed by atoms with Gasteiger partial charge in [-0.25, -0.2) is 0 Å². The first kappa shape index (κ1) is 24.1. The summed E-state index contributed by atoms with van der Waals surface area (Å²) in [5.74, 6) is 2.59. The molecule has 0 aromatic carbocycles. The van der Waals surface area contributed by atoms with Crippen molar-refractivity contribution in [2.24, 2.45) is 4.99 Å². The average Bonchev–Trinajstić information content (AvgIpc) is 2.96. The monoisotopic (exact) mass is 493 g/mol. The molecule has 27 heavy (non-hydrogen) atoms. The molecular weight excluding hydrogens is 457 g/mol. The highest BCUT2D eigenvalue weighted by atomic mass is 127. The maximum Gasteiger partial charge on any atom is 0.226 e. The van der Waals surface area contributed by atoms with Gasteiger partial charge in [-0.05, 0) is 19.3 Å². The van der Waals surface area contributed by atoms with Crippen LogP contribution in [0.4, 0.5) is 0 Å². The van der Waals surface area contributed by atoms with Crippen molar-refractivity contribution >= 4 is 29.9 Å². The zero-order chi connectivity index (χ0) is 18.6. The SMILES string of the molecule is CN=C(NCCCc1nc(C(C)C)no1)NCCOC1CCCCCC1.I. The van der Waals surface area contributed by atoms with Crippen LogP contribution in [0.1, 0.15) is 76.4 Å². The second-order valence-corrected chi connectivity index (χ2v) is 7.21. The molecule has 0 spiro atoms. The molecule has 2 rings (SSSR count). The van der Waals surface area contributed by atoms with E-state index >= 15 is 0 Å². The molecule has 1 saturated carbocycles. The highest BCUT2D eigenvalue weighted by Crippen LogP contribution is 2.19. The highest BCUT2D eigenvalue weighted by molar-refractivity contribution is 14.0. The fraction of sp³-hybridized carbons (Fsp3) is 0.842. The molecule has 0 atom stereocenters. The number of aryl methyl sites for hydroxylation is 1. The van der Waals surface area contributed by atoms with Crippen LogP contribution in [0.2, 0.25) is 0 Å². The van der Waals surface area contributed by atoms with Crippen LogP contribution in [0.5, 0.6) is 0 Å². The van der Waals surface area contributed by atoms with Crippen molar-refractivity contribution in [3.63, 3.8) is 0 Å². The van der Waals surface area contributed by atoms with Crippen molar-refractivity contribution < 1.29 is 9.26 Å². The molecule has 1 fully saturated rings. The van der Waals surface area contributed by atoms with Crippen molar-refractivity contribution in [2.45, 2.75) is 77.2 Å². The summed E-state index contributed by atoms with van der Waals surface area (Å²) in [7, 11) is 1.79. The fourth-order valence-electron chi connectivity index (χ4n) is 3.07. The quantitative estimate of drug-likeness (QED) is 0.180. The molecule has 0 bridgehead atoms. The number of hydrogen-bond acceptors (Lipinski definition) is 5. The molecule has 1 aromatic rings. The fourth-order valence-corrected chi connectivity index (χ4v) is 3.07. The second-order valence-electron chi connectivity index (χ2n) is 7.21. The predicted molar refractivity (Wildman–Crippen MR) is 119 cm³/mol. The van der Waals surface area contributed by atoms with Crippen molar-refractivity contribution in [1.29, 1.82) is 0 Å². The summed E-state index contributed by atoms with van der Waals surface area (Å²) >= 11 is 0. The predicted octanol–water partition coefficient (Wildman–Crippen LogP) is 3.65. The van der Waals surface area contributed by atoms with E-state index in [0.717, 1.165) is 44.3 Å². The Morgan fingerprint density at radius 1 is 1.19 bits per heavy atom. The maximum atomic E-state index is 5.99. The molecule has 1 aromatic heterocycles. The number of ether oxygens (including phenoxy) is 1. The number of nitrogens with zero attached hydrogens (tertiary/aromatic N) is 3. The third kappa shape index (κ3) is 9.73. The van der Waals surface area contributed by atoms with E-state index in [0.29, 0.717) is 17.9 Å². The number of aliphatic imine (C=N–C) groups is 1. The van der Waals surface area contributed by atoms with Gasteiger partial charge in [0.05, 0.1) is 12.7 Å². The van der Waals surface area contributed by atoms with Crippen molar-refractivity contribution in [3.8, 4) is 0 Å². The first-order chi connectivity index (χ1) is 12.7. The van der Waals surface area contributed by atoms with Gasteiger partial charge in [-0.3, -0.25) is 4.99 Å². The van der Waals surface area contributed by atoms with Gasteiger partial charge in [-0.15, -0.1) is 24.0 Å². The van der Waals surface area contributed by atoms with Crippen LogP contribution < -0.4 is 10.6 Å². The van der Waals surface area contributed by atoms with Crippen molar-refractivity contribution in [2.75, 3.05) is 26.7 Å². The minimum absolute atomic E-state index is 0. The molecule has 0 saturated heterocycles. The van der Waals surface area contributed by atoms with Crippen LogP contribution >= 0.6 is 24.0 Å². The number of aromatic nitrogens is 2. The van der Waals surface area contributed by atoms with E-state index in [4.69, 9.17) is 9.26 Å². The van der Waals surface area contributed by atoms with E-state index in [-0.39, 0.29) is 24.0 Å². The molecule has 0 amide bonds. The van der Waals surface area contributed by atoms with Gasteiger partial charge >= 0.3 is 0 Å². The number of halogens is 1. The Kier molecular flexibility index (Phi) is 12.6. The normalized spacial score (nSPS) is 16.1. The van der Waals surface area contributed by atoms with Crippen LogP contribution in [-0.4, -0.2) is 48.9 Å². The van der Waals surface area contributed by atoms with E-state index in [9.17, 15) is 0 Å². The molecule has 0 aliphatic heterocycles. The van der Waals surface area contributed by atoms with Gasteiger partial charge in [0.1, 0.15) is 0 Å². The standard InChI is InChI=1S/C19H35N5O2.HI/c1-15(2)18-23-17(26-24-18)11-8-12-21-19(20-3)22-13-14-25-16-9-6-4-5-7-10-16;/h15-16H,4-14H2,1-3H3,(H2,20,21,22);1H. The highest BCUT2D eigenvalue weighted by Gasteiger charge is 2.12. The molecular formula is C19H36IN5O2. The van der Waals surface area contributed by atoms with Crippen LogP contribution in [0.15, 0.2) is 9.52 Å². The molecule has 8 heteroatoms. The Hall–Kier alpha value is -0.900. The van der Waals surface area contributed by atoms with Crippen LogP contribution in [0.25, 0.3) is 0 Å². The molecule has 1 aliphatic rings. The number of hydrogen-bond donors (Lipinski definition) is 2. The third-order valence-corrected chi connectivity index (χ3v) is 4.63. The lowest BCUT2D eigenvalue weighted by Crippen LogP contribution is -2.39. The average molecular weight is 493 g/mol. The number of guanidine groups is 1. The van der Waals surface area contributed by atoms with Crippen LogP contribution in [0.3, 0.4) is 0 Å². The molecule has 1 aliphatic carbocycles. The Balaban J connectivity index is 0.00000364. The second kappa shape index (κ2) is 14.1. The first-order valence-corrected chi connectivity index (χ1v) is 10.1. The van der Waals surface area contributed by atoms with Gasteiger partial charge < -0.3 is 19.9 Å². The van der Waals surface area contributed by atoms with E-state index in [1.54, 1.807) is 7.05 Å². The van der Waals surface area contributed by atoms with E-state index in [1.807, 2.05) is 0 Å². The summed E-state index contributed by atoms with van der Waals surface area (Å²) in [5.41, 5.74) is 0. The van der Waals surface area contributed by atoms with Gasteiger partial charge in [0.15, 0.2) is 11.8 Å². The minimum atomic E-state index is 0. The van der Waals surface area contributed by atoms with E-state index in [2.05, 4.69) is 39.6 Å². The summed E-state index contributed by atoms with van der Waals surface area (Å²) in [4.78, 5) is 8.64. The Bertz CT molecular complexity index is 528. The Labute approximate surface area is 180 Å². The van der Waals surface area contributed by atoms with Gasteiger partial charge in [0, 0.05) is 32.5 Å². The smallest absolute Gasteiger partial charge is 0.226 e. The van der Waals surface area contributed by atoms with E-state index < -0.39 is 0 Å². The summed E-state index contributed by atoms with van der Waals surface area (Å²) < 4.78 is 11.2.